The van der Waals surface area contributed by atoms with Crippen molar-refractivity contribution in [1.82, 2.24) is 19.8 Å². The molecule has 13 nitrogen and oxygen atoms in total. The van der Waals surface area contributed by atoms with Crippen LogP contribution in [0.4, 0.5) is 15.8 Å². The Bertz CT molecular complexity index is 1520. The molecule has 0 unspecified atom stereocenters. The number of benzene rings is 1. The minimum atomic E-state index is -4.09. The highest BCUT2D eigenvalue weighted by molar-refractivity contribution is 7.92. The summed E-state index contributed by atoms with van der Waals surface area (Å²) in [5.41, 5.74) is 2.38. The molecule has 2 aliphatic rings. The maximum Gasteiger partial charge on any atom is 0.290 e. The van der Waals surface area contributed by atoms with Gasteiger partial charge in [0.2, 0.25) is 5.88 Å². The SMILES string of the molecule is COCCN1CCN(Cc2ccc(-c3cc(NS(=O)(=O)c4cc(N5CCOCC5)cnc4OC)ccn3)c(F)c2)CC1.O=CO. The highest BCUT2D eigenvalue weighted by Crippen LogP contribution is 2.30. The van der Waals surface area contributed by atoms with Gasteiger partial charge in [0, 0.05) is 71.2 Å². The highest BCUT2D eigenvalue weighted by Gasteiger charge is 2.24. The van der Waals surface area contributed by atoms with Crippen LogP contribution in [0.3, 0.4) is 0 Å². The summed E-state index contributed by atoms with van der Waals surface area (Å²) < 4.78 is 60.6. The lowest BCUT2D eigenvalue weighted by Gasteiger charge is -2.34. The van der Waals surface area contributed by atoms with Gasteiger partial charge in [-0.2, -0.15) is 0 Å². The Morgan fingerprint density at radius 3 is 2.40 bits per heavy atom. The van der Waals surface area contributed by atoms with Crippen LogP contribution in [0.2, 0.25) is 0 Å². The summed E-state index contributed by atoms with van der Waals surface area (Å²) in [5, 5.41) is 6.89. The first-order chi connectivity index (χ1) is 21.8. The third-order valence-electron chi connectivity index (χ3n) is 7.47. The van der Waals surface area contributed by atoms with Crippen molar-refractivity contribution in [2.45, 2.75) is 11.4 Å². The number of carbonyl (C=O) groups is 1. The van der Waals surface area contributed by atoms with Crippen molar-refractivity contribution in [3.05, 3.63) is 60.2 Å². The maximum atomic E-state index is 15.3. The van der Waals surface area contributed by atoms with E-state index in [-0.39, 0.29) is 28.5 Å². The summed E-state index contributed by atoms with van der Waals surface area (Å²) in [6.45, 7) is 8.13. The second-order valence-electron chi connectivity index (χ2n) is 10.4. The molecule has 2 N–H and O–H groups in total. The summed E-state index contributed by atoms with van der Waals surface area (Å²) in [5.74, 6) is -0.436. The number of piperazine rings is 1. The number of ether oxygens (including phenoxy) is 3. The zero-order valence-corrected chi connectivity index (χ0v) is 26.2. The average molecular weight is 647 g/mol. The predicted molar refractivity (Wildman–Crippen MR) is 167 cm³/mol. The summed E-state index contributed by atoms with van der Waals surface area (Å²) in [4.78, 5) is 23.5. The molecule has 2 aliphatic heterocycles. The molecule has 244 valence electrons. The fourth-order valence-corrected chi connectivity index (χ4v) is 6.32. The van der Waals surface area contributed by atoms with Gasteiger partial charge in [-0.3, -0.25) is 24.3 Å². The molecule has 2 saturated heterocycles. The molecule has 5 rings (SSSR count). The molecular formula is C30H39FN6O7S. The Labute approximate surface area is 262 Å². The minimum absolute atomic E-state index is 0.0215. The van der Waals surface area contributed by atoms with Crippen LogP contribution in [-0.2, 0) is 30.8 Å². The van der Waals surface area contributed by atoms with Gasteiger partial charge in [0.1, 0.15) is 5.82 Å². The second kappa shape index (κ2) is 16.4. The number of methoxy groups -OCH3 is 2. The fourth-order valence-electron chi connectivity index (χ4n) is 5.13. The summed E-state index contributed by atoms with van der Waals surface area (Å²) in [6, 6.07) is 9.69. The predicted octanol–water partition coefficient (Wildman–Crippen LogP) is 2.39. The molecule has 0 radical (unpaired) electrons. The van der Waals surface area contributed by atoms with Gasteiger partial charge >= 0.3 is 0 Å². The van der Waals surface area contributed by atoms with Crippen LogP contribution in [0.15, 0.2) is 53.7 Å². The number of nitrogens with zero attached hydrogens (tertiary/aromatic N) is 5. The number of hydrogen-bond donors (Lipinski definition) is 2. The second-order valence-corrected chi connectivity index (χ2v) is 12.0. The number of pyridine rings is 2. The standard InChI is InChI=1S/C29H37FN6O5S.CH2O2/c1-39-14-11-34-7-9-35(10-8-34)21-22-3-4-25(26(30)17-22)27-18-23(5-6-31-27)33-42(37,38)28-19-24(20-32-29(28)40-2)36-12-15-41-16-13-36;2-1-3/h3-6,17-20H,7-16,21H2,1-2H3,(H,31,33);1H,(H,2,3). The van der Waals surface area contributed by atoms with Crippen molar-refractivity contribution in [2.75, 3.05) is 89.5 Å². The zero-order chi connectivity index (χ0) is 32.2. The lowest BCUT2D eigenvalue weighted by atomic mass is 10.1. The van der Waals surface area contributed by atoms with E-state index in [4.69, 9.17) is 24.1 Å². The van der Waals surface area contributed by atoms with E-state index in [1.165, 1.54) is 31.5 Å². The number of rotatable bonds is 11. The molecule has 2 aromatic heterocycles. The first kappa shape index (κ1) is 34.0. The van der Waals surface area contributed by atoms with Crippen molar-refractivity contribution in [3.8, 4) is 17.1 Å². The van der Waals surface area contributed by atoms with Crippen LogP contribution >= 0.6 is 0 Å². The number of hydrogen-bond acceptors (Lipinski definition) is 11. The Morgan fingerprint density at radius 2 is 1.73 bits per heavy atom. The molecule has 0 spiro atoms. The smallest absolute Gasteiger partial charge is 0.290 e. The van der Waals surface area contributed by atoms with E-state index in [0.717, 1.165) is 44.9 Å². The first-order valence-electron chi connectivity index (χ1n) is 14.4. The van der Waals surface area contributed by atoms with E-state index in [1.54, 1.807) is 25.4 Å². The summed E-state index contributed by atoms with van der Waals surface area (Å²) in [6.07, 6.45) is 3.03. The largest absolute Gasteiger partial charge is 0.483 e. The highest BCUT2D eigenvalue weighted by atomic mass is 32.2. The maximum absolute atomic E-state index is 15.3. The van der Waals surface area contributed by atoms with Gasteiger partial charge in [0.15, 0.2) is 4.90 Å². The summed E-state index contributed by atoms with van der Waals surface area (Å²) in [7, 11) is -1.01. The number of halogens is 1. The number of aromatic nitrogens is 2. The third kappa shape index (κ3) is 9.31. The zero-order valence-electron chi connectivity index (χ0n) is 25.4. The number of anilines is 2. The minimum Gasteiger partial charge on any atom is -0.483 e. The van der Waals surface area contributed by atoms with Gasteiger partial charge in [-0.25, -0.2) is 17.8 Å². The molecule has 0 amide bonds. The van der Waals surface area contributed by atoms with Crippen LogP contribution in [-0.4, -0.2) is 120 Å². The van der Waals surface area contributed by atoms with Crippen LogP contribution < -0.4 is 14.4 Å². The van der Waals surface area contributed by atoms with E-state index in [9.17, 15) is 8.42 Å². The molecule has 15 heteroatoms. The Morgan fingerprint density at radius 1 is 1.02 bits per heavy atom. The molecule has 0 bridgehead atoms. The molecule has 1 aromatic carbocycles. The van der Waals surface area contributed by atoms with Crippen LogP contribution in [0.1, 0.15) is 5.56 Å². The molecule has 0 aliphatic carbocycles. The molecular weight excluding hydrogens is 607 g/mol. The van der Waals surface area contributed by atoms with E-state index in [2.05, 4.69) is 24.5 Å². The molecule has 4 heterocycles. The quantitative estimate of drug-likeness (QED) is 0.295. The molecule has 45 heavy (non-hydrogen) atoms. The lowest BCUT2D eigenvalue weighted by molar-refractivity contribution is -0.122. The lowest BCUT2D eigenvalue weighted by Crippen LogP contribution is -2.46. The van der Waals surface area contributed by atoms with Crippen molar-refractivity contribution in [3.63, 3.8) is 0 Å². The van der Waals surface area contributed by atoms with Gasteiger partial charge in [-0.05, 0) is 35.9 Å². The topological polar surface area (TPSA) is 147 Å². The van der Waals surface area contributed by atoms with Crippen molar-refractivity contribution in [1.29, 1.82) is 0 Å². The Kier molecular flexibility index (Phi) is 12.4. The van der Waals surface area contributed by atoms with Gasteiger partial charge in [0.25, 0.3) is 16.5 Å². The first-order valence-corrected chi connectivity index (χ1v) is 15.9. The molecule has 0 saturated carbocycles. The Balaban J connectivity index is 0.00000148. The van der Waals surface area contributed by atoms with E-state index in [1.807, 2.05) is 11.0 Å². The number of nitrogens with one attached hydrogen (secondary N) is 1. The number of carboxylic acid groups (broad SMARTS) is 1. The van der Waals surface area contributed by atoms with Crippen molar-refractivity contribution >= 4 is 27.9 Å². The number of morpholine rings is 1. The summed E-state index contributed by atoms with van der Waals surface area (Å²) >= 11 is 0. The van der Waals surface area contributed by atoms with Crippen LogP contribution in [0, 0.1) is 5.82 Å². The number of sulfonamides is 1. The van der Waals surface area contributed by atoms with Crippen LogP contribution in [0.25, 0.3) is 11.3 Å². The molecule has 2 fully saturated rings. The van der Waals surface area contributed by atoms with Gasteiger partial charge in [-0.1, -0.05) is 6.07 Å². The van der Waals surface area contributed by atoms with Crippen LogP contribution in [0.5, 0.6) is 5.88 Å². The van der Waals surface area contributed by atoms with Crippen molar-refractivity contribution in [2.24, 2.45) is 0 Å². The van der Waals surface area contributed by atoms with Gasteiger partial charge in [-0.15, -0.1) is 0 Å². The van der Waals surface area contributed by atoms with Gasteiger partial charge < -0.3 is 24.2 Å². The van der Waals surface area contributed by atoms with Crippen molar-refractivity contribution < 1.29 is 36.9 Å². The van der Waals surface area contributed by atoms with E-state index < -0.39 is 15.8 Å². The molecule has 3 aromatic rings. The van der Waals surface area contributed by atoms with Gasteiger partial charge in [0.05, 0.1) is 50.2 Å². The normalized spacial score (nSPS) is 16.0. The third-order valence-corrected chi connectivity index (χ3v) is 8.84. The van der Waals surface area contributed by atoms with E-state index in [0.29, 0.717) is 44.2 Å². The molecule has 0 atom stereocenters. The van der Waals surface area contributed by atoms with E-state index >= 15 is 4.39 Å². The average Bonchev–Trinajstić information content (AvgIpc) is 3.05. The fraction of sp³-hybridized carbons (Fsp3) is 0.433. The Hall–Kier alpha value is -3.89. The monoisotopic (exact) mass is 646 g/mol.